The second-order valence-electron chi connectivity index (χ2n) is 4.10. The summed E-state index contributed by atoms with van der Waals surface area (Å²) in [5.41, 5.74) is 3.21. The van der Waals surface area contributed by atoms with Gasteiger partial charge in [-0.15, -0.1) is 6.42 Å². The molecule has 0 aliphatic carbocycles. The number of rotatable bonds is 2. The quantitative estimate of drug-likeness (QED) is 0.487. The maximum Gasteiger partial charge on any atom is 0.0283 e. The molecule has 0 saturated heterocycles. The van der Waals surface area contributed by atoms with Crippen LogP contribution in [0.1, 0.15) is 31.9 Å². The maximum absolute atomic E-state index is 5.47. The Balaban J connectivity index is 3.33. The second kappa shape index (κ2) is 3.72. The van der Waals surface area contributed by atoms with Gasteiger partial charge < -0.3 is 0 Å². The molecule has 0 bridgehead atoms. The largest absolute Gasteiger partial charge is 0.115 e. The predicted molar refractivity (Wildman–Crippen MR) is 62.2 cm³/mol. The highest BCUT2D eigenvalue weighted by Crippen LogP contribution is 2.31. The fourth-order valence-corrected chi connectivity index (χ4v) is 1.38. The smallest absolute Gasteiger partial charge is 0.0283 e. The minimum absolute atomic E-state index is 0.0526. The summed E-state index contributed by atoms with van der Waals surface area (Å²) in [6, 6.07) is 8.03. The monoisotopic (exact) mass is 184 g/mol. The molecule has 0 aliphatic heterocycles. The van der Waals surface area contributed by atoms with Crippen LogP contribution in [0.25, 0.3) is 0 Å². The number of hydrogen-bond donors (Lipinski definition) is 0. The summed E-state index contributed by atoms with van der Waals surface area (Å²) in [5, 5.41) is 0. The van der Waals surface area contributed by atoms with Gasteiger partial charge in [0.25, 0.3) is 0 Å². The molecular weight excluding hydrogens is 168 g/mol. The van der Waals surface area contributed by atoms with E-state index in [1.807, 2.05) is 25.1 Å². The molecule has 1 aromatic carbocycles. The lowest BCUT2D eigenvalue weighted by atomic mass is 9.77. The molecule has 0 amide bonds. The van der Waals surface area contributed by atoms with E-state index < -0.39 is 0 Å². The molecule has 0 heterocycles. The lowest BCUT2D eigenvalue weighted by molar-refractivity contribution is 0.624. The molecule has 0 saturated carbocycles. The van der Waals surface area contributed by atoms with Crippen molar-refractivity contribution >= 4 is 0 Å². The normalized spacial score (nSPS) is 10.7. The number of terminal acetylenes is 1. The molecule has 1 aromatic rings. The highest BCUT2D eigenvalue weighted by Gasteiger charge is 2.23. The van der Waals surface area contributed by atoms with Gasteiger partial charge >= 0.3 is 0 Å². The van der Waals surface area contributed by atoms with Crippen LogP contribution < -0.4 is 0 Å². The zero-order chi connectivity index (χ0) is 10.8. The Morgan fingerprint density at radius 2 is 1.93 bits per heavy atom. The third-order valence-corrected chi connectivity index (χ3v) is 2.82. The summed E-state index contributed by atoms with van der Waals surface area (Å²) in [6.45, 7) is 10.3. The third-order valence-electron chi connectivity index (χ3n) is 2.82. The van der Waals surface area contributed by atoms with Crippen LogP contribution in [0.15, 0.2) is 36.4 Å². The minimum Gasteiger partial charge on any atom is -0.115 e. The van der Waals surface area contributed by atoms with Crippen LogP contribution in [0, 0.1) is 12.3 Å². The lowest BCUT2D eigenvalue weighted by Crippen LogP contribution is -2.19. The van der Waals surface area contributed by atoms with Gasteiger partial charge in [-0.1, -0.05) is 50.1 Å². The van der Waals surface area contributed by atoms with E-state index in [0.29, 0.717) is 0 Å². The van der Waals surface area contributed by atoms with Gasteiger partial charge in [-0.3, -0.25) is 0 Å². The van der Waals surface area contributed by atoms with Crippen molar-refractivity contribution in [2.75, 3.05) is 0 Å². The SMILES string of the molecule is C#Cc1ccccc1C(C)(C)C(=C)C. The van der Waals surface area contributed by atoms with E-state index in [4.69, 9.17) is 6.42 Å². The summed E-state index contributed by atoms with van der Waals surface area (Å²) in [5.74, 6) is 2.72. The van der Waals surface area contributed by atoms with Gasteiger partial charge in [0.1, 0.15) is 0 Å². The Labute approximate surface area is 86.7 Å². The van der Waals surface area contributed by atoms with Crippen molar-refractivity contribution in [2.45, 2.75) is 26.2 Å². The van der Waals surface area contributed by atoms with E-state index >= 15 is 0 Å². The van der Waals surface area contributed by atoms with E-state index in [1.54, 1.807) is 0 Å². The molecule has 0 heteroatoms. The Bertz CT molecular complexity index is 389. The molecule has 0 aromatic heterocycles. The topological polar surface area (TPSA) is 0 Å². The fourth-order valence-electron chi connectivity index (χ4n) is 1.38. The van der Waals surface area contributed by atoms with Crippen LogP contribution in [0.2, 0.25) is 0 Å². The molecule has 0 aliphatic rings. The summed E-state index contributed by atoms with van der Waals surface area (Å²) in [6.07, 6.45) is 5.47. The Kier molecular flexibility index (Phi) is 2.81. The zero-order valence-corrected chi connectivity index (χ0v) is 9.09. The Morgan fingerprint density at radius 1 is 1.36 bits per heavy atom. The first kappa shape index (κ1) is 10.6. The maximum atomic E-state index is 5.47. The standard InChI is InChI=1S/C14H16/c1-6-12-9-7-8-10-13(12)14(4,5)11(2)3/h1,7-10H,2H2,3-5H3. The van der Waals surface area contributed by atoms with Crippen LogP contribution in [0.5, 0.6) is 0 Å². The van der Waals surface area contributed by atoms with Gasteiger partial charge in [0.2, 0.25) is 0 Å². The second-order valence-corrected chi connectivity index (χ2v) is 4.10. The van der Waals surface area contributed by atoms with Crippen molar-refractivity contribution in [3.8, 4) is 12.3 Å². The molecule has 0 N–H and O–H groups in total. The van der Waals surface area contributed by atoms with Gasteiger partial charge in [-0.25, -0.2) is 0 Å². The van der Waals surface area contributed by atoms with Gasteiger partial charge in [0.05, 0.1) is 0 Å². The molecule has 1 rings (SSSR count). The fraction of sp³-hybridized carbons (Fsp3) is 0.286. The van der Waals surface area contributed by atoms with E-state index in [2.05, 4.69) is 32.4 Å². The van der Waals surface area contributed by atoms with Crippen molar-refractivity contribution in [3.05, 3.63) is 47.5 Å². The first-order chi connectivity index (χ1) is 6.50. The van der Waals surface area contributed by atoms with E-state index in [1.165, 1.54) is 5.56 Å². The molecule has 0 radical (unpaired) electrons. The van der Waals surface area contributed by atoms with E-state index in [0.717, 1.165) is 11.1 Å². The third kappa shape index (κ3) is 1.72. The number of benzene rings is 1. The summed E-state index contributed by atoms with van der Waals surface area (Å²) in [4.78, 5) is 0. The van der Waals surface area contributed by atoms with Gasteiger partial charge in [0, 0.05) is 11.0 Å². The summed E-state index contributed by atoms with van der Waals surface area (Å²) >= 11 is 0. The number of allylic oxidation sites excluding steroid dienone is 1. The van der Waals surface area contributed by atoms with Crippen molar-refractivity contribution in [1.29, 1.82) is 0 Å². The molecule has 0 atom stereocenters. The molecule has 0 spiro atoms. The summed E-state index contributed by atoms with van der Waals surface area (Å²) in [7, 11) is 0. The van der Waals surface area contributed by atoms with Crippen LogP contribution in [0.4, 0.5) is 0 Å². The Hall–Kier alpha value is -1.48. The lowest BCUT2D eigenvalue weighted by Gasteiger charge is -2.27. The number of hydrogen-bond acceptors (Lipinski definition) is 0. The first-order valence-electron chi connectivity index (χ1n) is 4.72. The molecular formula is C14H16. The molecule has 72 valence electrons. The molecule has 0 fully saturated rings. The highest BCUT2D eigenvalue weighted by atomic mass is 14.3. The van der Waals surface area contributed by atoms with Crippen molar-refractivity contribution < 1.29 is 0 Å². The molecule has 0 nitrogen and oxygen atoms in total. The van der Waals surface area contributed by atoms with Crippen LogP contribution in [-0.4, -0.2) is 0 Å². The van der Waals surface area contributed by atoms with Crippen LogP contribution in [0.3, 0.4) is 0 Å². The van der Waals surface area contributed by atoms with Gasteiger partial charge in [0.15, 0.2) is 0 Å². The van der Waals surface area contributed by atoms with Crippen LogP contribution >= 0.6 is 0 Å². The molecule has 14 heavy (non-hydrogen) atoms. The van der Waals surface area contributed by atoms with Gasteiger partial charge in [-0.2, -0.15) is 0 Å². The highest BCUT2D eigenvalue weighted by molar-refractivity contribution is 5.46. The first-order valence-corrected chi connectivity index (χ1v) is 4.72. The van der Waals surface area contributed by atoms with E-state index in [-0.39, 0.29) is 5.41 Å². The Morgan fingerprint density at radius 3 is 2.43 bits per heavy atom. The van der Waals surface area contributed by atoms with Crippen molar-refractivity contribution in [1.82, 2.24) is 0 Å². The average Bonchev–Trinajstić information content (AvgIpc) is 2.17. The van der Waals surface area contributed by atoms with Crippen molar-refractivity contribution in [3.63, 3.8) is 0 Å². The predicted octanol–water partition coefficient (Wildman–Crippen LogP) is 3.52. The van der Waals surface area contributed by atoms with E-state index in [9.17, 15) is 0 Å². The minimum atomic E-state index is -0.0526. The average molecular weight is 184 g/mol. The van der Waals surface area contributed by atoms with Gasteiger partial charge in [-0.05, 0) is 18.6 Å². The van der Waals surface area contributed by atoms with Crippen molar-refractivity contribution in [2.24, 2.45) is 0 Å². The zero-order valence-electron chi connectivity index (χ0n) is 9.09. The molecule has 0 unspecified atom stereocenters. The summed E-state index contributed by atoms with van der Waals surface area (Å²) < 4.78 is 0. The van der Waals surface area contributed by atoms with Crippen LogP contribution in [-0.2, 0) is 5.41 Å².